The molecule has 8 saturated carbocycles. The third-order valence-electron chi connectivity index (χ3n) is 14.5. The molecule has 0 N–H and O–H groups in total. The Morgan fingerprint density at radius 2 is 0.969 bits per heavy atom. The van der Waals surface area contributed by atoms with Gasteiger partial charge in [0.25, 0.3) is 0 Å². The van der Waals surface area contributed by atoms with Crippen LogP contribution in [-0.4, -0.2) is 96.3 Å². The third-order valence-corrected chi connectivity index (χ3v) is 14.9. The molecule has 10 rings (SSSR count). The SMILES string of the molecule is COC(=C1C2CC3CC1CC(OCCBr)(C3)C2)c1cccc(C)c1.COC(=O)C(CCOC12CC3CC(C1)C(=C(OC)c1cccc(C)c1)C(C3)C2)C(=O)OC.COC(=O)CC(=O)OC. The number of hydrogen-bond donors (Lipinski definition) is 0. The summed E-state index contributed by atoms with van der Waals surface area (Å²) < 4.78 is 42.7. The molecule has 0 aromatic heterocycles. The molecule has 0 aliphatic heterocycles. The minimum Gasteiger partial charge on any atom is -0.496 e. The number of aryl methyl sites for hydroxylation is 2. The van der Waals surface area contributed by atoms with Crippen molar-refractivity contribution in [3.63, 3.8) is 0 Å². The van der Waals surface area contributed by atoms with Crippen LogP contribution in [0, 0.1) is 55.3 Å². The van der Waals surface area contributed by atoms with Gasteiger partial charge in [-0.3, -0.25) is 19.2 Å². The van der Waals surface area contributed by atoms with Crippen molar-refractivity contribution in [1.29, 1.82) is 0 Å². The van der Waals surface area contributed by atoms with Crippen molar-refractivity contribution in [2.45, 2.75) is 102 Å². The third kappa shape index (κ3) is 11.9. The molecule has 2 aromatic rings. The van der Waals surface area contributed by atoms with Gasteiger partial charge in [-0.05, 0) is 143 Å². The van der Waals surface area contributed by atoms with Crippen LogP contribution in [0.5, 0.6) is 0 Å². The number of halogens is 1. The molecule has 4 atom stereocenters. The molecule has 8 bridgehead atoms. The molecular weight excluding hydrogens is 896 g/mol. The summed E-state index contributed by atoms with van der Waals surface area (Å²) >= 11 is 3.52. The van der Waals surface area contributed by atoms with Gasteiger partial charge in [0.2, 0.25) is 0 Å². The minimum absolute atomic E-state index is 0.138. The fourth-order valence-corrected chi connectivity index (χ4v) is 12.6. The van der Waals surface area contributed by atoms with Crippen LogP contribution < -0.4 is 0 Å². The number of rotatable bonds is 15. The topological polar surface area (TPSA) is 142 Å². The molecule has 8 aliphatic rings. The number of esters is 4. The quantitative estimate of drug-likeness (QED) is 0.0552. The van der Waals surface area contributed by atoms with Crippen molar-refractivity contribution in [1.82, 2.24) is 0 Å². The van der Waals surface area contributed by atoms with E-state index in [9.17, 15) is 19.2 Å². The normalized spacial score (nSPS) is 27.4. The Balaban J connectivity index is 0.000000186. The number of carbonyl (C=O) groups excluding carboxylic acids is 4. The highest BCUT2D eigenvalue weighted by molar-refractivity contribution is 9.09. The Bertz CT molecular complexity index is 2010. The van der Waals surface area contributed by atoms with Crippen molar-refractivity contribution in [3.8, 4) is 0 Å². The average molecular weight is 966 g/mol. The fraction of sp³-hybridized carbons (Fsp3) is 0.615. The number of ether oxygens (including phenoxy) is 8. The van der Waals surface area contributed by atoms with Crippen molar-refractivity contribution in [2.24, 2.45) is 41.4 Å². The second kappa shape index (κ2) is 22.5. The molecule has 0 amide bonds. The highest BCUT2D eigenvalue weighted by Crippen LogP contribution is 2.62. The van der Waals surface area contributed by atoms with Crippen molar-refractivity contribution in [3.05, 3.63) is 81.9 Å². The van der Waals surface area contributed by atoms with Gasteiger partial charge in [-0.2, -0.15) is 0 Å². The first kappa shape index (κ1) is 50.2. The fourth-order valence-electron chi connectivity index (χ4n) is 12.4. The summed E-state index contributed by atoms with van der Waals surface area (Å²) in [4.78, 5) is 44.5. The van der Waals surface area contributed by atoms with Crippen molar-refractivity contribution < 1.29 is 57.1 Å². The summed E-state index contributed by atoms with van der Waals surface area (Å²) in [6.45, 7) is 5.44. The van der Waals surface area contributed by atoms with E-state index in [1.54, 1.807) is 12.7 Å². The summed E-state index contributed by atoms with van der Waals surface area (Å²) in [5.74, 6) is 2.63. The largest absolute Gasteiger partial charge is 0.496 e. The van der Waals surface area contributed by atoms with Crippen LogP contribution in [0.15, 0.2) is 59.7 Å². The number of alkyl halides is 1. The van der Waals surface area contributed by atoms with Gasteiger partial charge in [-0.15, -0.1) is 0 Å². The summed E-state index contributed by atoms with van der Waals surface area (Å²) in [6, 6.07) is 17.3. The molecule has 0 heterocycles. The number of hydrogen-bond acceptors (Lipinski definition) is 12. The smallest absolute Gasteiger partial charge is 0.320 e. The molecule has 0 radical (unpaired) electrons. The van der Waals surface area contributed by atoms with Gasteiger partial charge in [0.05, 0.1) is 60.5 Å². The van der Waals surface area contributed by atoms with Gasteiger partial charge >= 0.3 is 23.9 Å². The highest BCUT2D eigenvalue weighted by Gasteiger charge is 2.56. The zero-order valence-corrected chi connectivity index (χ0v) is 41.1. The van der Waals surface area contributed by atoms with Crippen LogP contribution in [0.3, 0.4) is 0 Å². The summed E-state index contributed by atoms with van der Waals surface area (Å²) in [6.07, 6.45) is 11.6. The van der Waals surface area contributed by atoms with Crippen LogP contribution in [-0.2, 0) is 57.1 Å². The first-order chi connectivity index (χ1) is 31.2. The molecule has 65 heavy (non-hydrogen) atoms. The molecule has 0 saturated heterocycles. The van der Waals surface area contributed by atoms with E-state index in [-0.39, 0.29) is 24.0 Å². The summed E-state index contributed by atoms with van der Waals surface area (Å²) in [7, 11) is 8.62. The van der Waals surface area contributed by atoms with Crippen LogP contribution in [0.1, 0.15) is 99.3 Å². The average Bonchev–Trinajstić information content (AvgIpc) is 3.29. The second-order valence-electron chi connectivity index (χ2n) is 18.9. The maximum atomic E-state index is 12.0. The molecule has 13 heteroatoms. The molecule has 12 nitrogen and oxygen atoms in total. The van der Waals surface area contributed by atoms with E-state index in [4.69, 9.17) is 28.4 Å². The van der Waals surface area contributed by atoms with E-state index in [1.165, 1.54) is 95.6 Å². The molecule has 8 aliphatic carbocycles. The maximum absolute atomic E-state index is 12.0. The van der Waals surface area contributed by atoms with Gasteiger partial charge in [0.1, 0.15) is 17.9 Å². The van der Waals surface area contributed by atoms with Crippen molar-refractivity contribution >= 4 is 51.3 Å². The lowest BCUT2D eigenvalue weighted by atomic mass is 9.52. The second-order valence-corrected chi connectivity index (χ2v) is 19.7. The number of carbonyl (C=O) groups is 4. The lowest BCUT2D eigenvalue weighted by Gasteiger charge is -2.57. The highest BCUT2D eigenvalue weighted by atomic mass is 79.9. The standard InChI is InChI=1S/C26H34O6.C21H27BrO2.C5H8O4/c1-16-6-5-7-18(10-16)23(29-2)22-19-11-17-12-20(22)15-26(13-17,14-19)32-9-8-21(24(27)30-3)25(28)31-4;1-14-4-3-5-16(8-14)20(23-2)19-17-9-15-10-18(19)13-21(11-15,12-17)24-7-6-22;1-8-4(6)3-5(7)9-2/h5-7,10,17,19-21H,8-9,11-15H2,1-4H3;3-5,8,15,17-18H,6-7,9-13H2,1-2H3;3H2,1-2H3. The Labute approximate surface area is 393 Å². The lowest BCUT2D eigenvalue weighted by Crippen LogP contribution is -2.53. The van der Waals surface area contributed by atoms with Gasteiger partial charge in [-0.1, -0.05) is 63.5 Å². The van der Waals surface area contributed by atoms with E-state index >= 15 is 0 Å². The number of benzene rings is 2. The van der Waals surface area contributed by atoms with E-state index in [1.807, 2.05) is 7.11 Å². The van der Waals surface area contributed by atoms with Gasteiger partial charge < -0.3 is 37.9 Å². The monoisotopic (exact) mass is 964 g/mol. The Morgan fingerprint density at radius 3 is 1.31 bits per heavy atom. The zero-order valence-electron chi connectivity index (χ0n) is 39.5. The molecular formula is C52H69BrO12. The molecule has 0 spiro atoms. The number of methoxy groups -OCH3 is 6. The van der Waals surface area contributed by atoms with Crippen LogP contribution in [0.4, 0.5) is 0 Å². The van der Waals surface area contributed by atoms with Crippen LogP contribution >= 0.6 is 15.9 Å². The lowest BCUT2D eigenvalue weighted by molar-refractivity contribution is -0.166. The van der Waals surface area contributed by atoms with Crippen LogP contribution in [0.25, 0.3) is 11.5 Å². The van der Waals surface area contributed by atoms with Gasteiger partial charge in [0, 0.05) is 23.1 Å². The van der Waals surface area contributed by atoms with Crippen molar-refractivity contribution in [2.75, 3.05) is 61.2 Å². The maximum Gasteiger partial charge on any atom is 0.320 e. The predicted octanol–water partition coefficient (Wildman–Crippen LogP) is 9.37. The van der Waals surface area contributed by atoms with Gasteiger partial charge in [-0.25, -0.2) is 0 Å². The first-order valence-electron chi connectivity index (χ1n) is 23.1. The van der Waals surface area contributed by atoms with E-state index < -0.39 is 29.8 Å². The van der Waals surface area contributed by atoms with E-state index in [2.05, 4.69) is 87.8 Å². The predicted molar refractivity (Wildman–Crippen MR) is 249 cm³/mol. The Kier molecular flexibility index (Phi) is 17.4. The van der Waals surface area contributed by atoms with Gasteiger partial charge in [0.15, 0.2) is 5.92 Å². The molecule has 4 unspecified atom stereocenters. The van der Waals surface area contributed by atoms with E-state index in [0.29, 0.717) is 36.2 Å². The molecule has 2 aromatic carbocycles. The first-order valence-corrected chi connectivity index (χ1v) is 24.2. The number of allylic oxidation sites excluding steroid dienone is 2. The molecule has 356 valence electrons. The summed E-state index contributed by atoms with van der Waals surface area (Å²) in [5.41, 5.74) is 7.92. The Hall–Kier alpha value is -4.20. The minimum atomic E-state index is -0.934. The Morgan fingerprint density at radius 1 is 0.569 bits per heavy atom. The van der Waals surface area contributed by atoms with Crippen LogP contribution in [0.2, 0.25) is 0 Å². The molecule has 8 fully saturated rings. The van der Waals surface area contributed by atoms with E-state index in [0.717, 1.165) is 54.2 Å². The zero-order chi connectivity index (χ0) is 46.9. The summed E-state index contributed by atoms with van der Waals surface area (Å²) in [5, 5.41) is 0.935.